The fourth-order valence-corrected chi connectivity index (χ4v) is 4.55. The Bertz CT molecular complexity index is 1080. The smallest absolute Gasteiger partial charge is 0.141 e. The topological polar surface area (TPSA) is 49.3 Å². The molecular formula is C26H25N3O. The summed E-state index contributed by atoms with van der Waals surface area (Å²) in [7, 11) is 0. The molecular weight excluding hydrogens is 370 g/mol. The number of benzene rings is 1. The summed E-state index contributed by atoms with van der Waals surface area (Å²) in [5.74, 6) is 6.81. The van der Waals surface area contributed by atoms with Gasteiger partial charge in [0.2, 0.25) is 0 Å². The lowest BCUT2D eigenvalue weighted by molar-refractivity contribution is -0.0713. The number of rotatable bonds is 3. The highest BCUT2D eigenvalue weighted by molar-refractivity contribution is 5.56. The first-order chi connectivity index (χ1) is 14.7. The van der Waals surface area contributed by atoms with E-state index in [-0.39, 0.29) is 5.92 Å². The molecule has 2 aromatic heterocycles. The molecule has 1 aromatic carbocycles. The zero-order valence-corrected chi connectivity index (χ0v) is 17.0. The van der Waals surface area contributed by atoms with Gasteiger partial charge in [0.15, 0.2) is 0 Å². The molecule has 5 heterocycles. The van der Waals surface area contributed by atoms with Crippen LogP contribution < -0.4 is 0 Å². The highest BCUT2D eigenvalue weighted by atomic mass is 16.3. The second kappa shape index (κ2) is 8.02. The maximum atomic E-state index is 11.2. The molecule has 0 spiro atoms. The van der Waals surface area contributed by atoms with E-state index in [1.807, 2.05) is 48.5 Å². The first kappa shape index (κ1) is 19.0. The Morgan fingerprint density at radius 1 is 0.967 bits per heavy atom. The van der Waals surface area contributed by atoms with Crippen LogP contribution in [0.4, 0.5) is 0 Å². The molecule has 3 aromatic rings. The van der Waals surface area contributed by atoms with Crippen LogP contribution in [0.25, 0.3) is 11.4 Å². The van der Waals surface area contributed by atoms with E-state index in [1.165, 1.54) is 5.56 Å². The number of pyridine rings is 2. The van der Waals surface area contributed by atoms with Gasteiger partial charge < -0.3 is 5.11 Å². The Morgan fingerprint density at radius 2 is 1.77 bits per heavy atom. The molecule has 150 valence electrons. The summed E-state index contributed by atoms with van der Waals surface area (Å²) in [6, 6.07) is 20.1. The number of aromatic nitrogens is 2. The molecule has 3 saturated heterocycles. The summed E-state index contributed by atoms with van der Waals surface area (Å²) >= 11 is 0. The monoisotopic (exact) mass is 395 g/mol. The predicted octanol–water partition coefficient (Wildman–Crippen LogP) is 3.54. The zero-order chi connectivity index (χ0) is 20.4. The van der Waals surface area contributed by atoms with Crippen molar-refractivity contribution >= 4 is 0 Å². The van der Waals surface area contributed by atoms with E-state index in [0.717, 1.165) is 48.6 Å². The van der Waals surface area contributed by atoms with Crippen LogP contribution in [-0.4, -0.2) is 45.2 Å². The highest BCUT2D eigenvalue weighted by Gasteiger charge is 2.44. The fourth-order valence-electron chi connectivity index (χ4n) is 4.55. The standard InChI is InChI=1S/C26H25N3O/c30-26(19-29-16-12-22(26)13-17-29)14-11-21-9-10-24(23-8-4-5-15-27-23)28-25(21)18-20-6-2-1-3-7-20/h1-10,15,22,30H,12-13,16-19H2. The SMILES string of the molecule is OC1(C#Cc2ccc(-c3ccccn3)nc2Cc2ccccc2)CN2CCC1CC2. The number of hydrogen-bond acceptors (Lipinski definition) is 4. The molecule has 1 atom stereocenters. The second-order valence-corrected chi connectivity index (χ2v) is 8.29. The van der Waals surface area contributed by atoms with Gasteiger partial charge >= 0.3 is 0 Å². The Kier molecular flexibility index (Phi) is 5.08. The van der Waals surface area contributed by atoms with Crippen molar-refractivity contribution in [1.82, 2.24) is 14.9 Å². The molecule has 4 nitrogen and oxygen atoms in total. The van der Waals surface area contributed by atoms with Gasteiger partial charge in [-0.3, -0.25) is 9.88 Å². The summed E-state index contributed by atoms with van der Waals surface area (Å²) in [5.41, 5.74) is 3.76. The summed E-state index contributed by atoms with van der Waals surface area (Å²) in [6.07, 6.45) is 4.53. The van der Waals surface area contributed by atoms with Gasteiger partial charge in [-0.05, 0) is 55.8 Å². The van der Waals surface area contributed by atoms with Crippen molar-refractivity contribution in [3.63, 3.8) is 0 Å². The second-order valence-electron chi connectivity index (χ2n) is 8.29. The van der Waals surface area contributed by atoms with E-state index in [4.69, 9.17) is 4.98 Å². The predicted molar refractivity (Wildman–Crippen MR) is 118 cm³/mol. The first-order valence-electron chi connectivity index (χ1n) is 10.6. The minimum absolute atomic E-state index is 0.272. The average Bonchev–Trinajstić information content (AvgIpc) is 2.80. The van der Waals surface area contributed by atoms with Crippen molar-refractivity contribution in [2.75, 3.05) is 19.6 Å². The van der Waals surface area contributed by atoms with Gasteiger partial charge in [-0.15, -0.1) is 0 Å². The van der Waals surface area contributed by atoms with E-state index in [1.54, 1.807) is 6.20 Å². The molecule has 4 heteroatoms. The molecule has 6 rings (SSSR count). The lowest BCUT2D eigenvalue weighted by Gasteiger charge is -2.47. The maximum absolute atomic E-state index is 11.2. The van der Waals surface area contributed by atoms with Crippen LogP contribution in [0.2, 0.25) is 0 Å². The third-order valence-corrected chi connectivity index (χ3v) is 6.26. The fraction of sp³-hybridized carbons (Fsp3) is 0.308. The van der Waals surface area contributed by atoms with Crippen LogP contribution in [0.15, 0.2) is 66.9 Å². The zero-order valence-electron chi connectivity index (χ0n) is 17.0. The van der Waals surface area contributed by atoms with Crippen LogP contribution in [-0.2, 0) is 6.42 Å². The molecule has 0 saturated carbocycles. The molecule has 1 unspecified atom stereocenters. The Hall–Kier alpha value is -3.00. The third kappa shape index (κ3) is 3.87. The van der Waals surface area contributed by atoms with Crippen molar-refractivity contribution in [3.8, 4) is 23.2 Å². The number of piperidine rings is 3. The third-order valence-electron chi connectivity index (χ3n) is 6.26. The van der Waals surface area contributed by atoms with Gasteiger partial charge in [-0.2, -0.15) is 0 Å². The Labute approximate surface area is 177 Å². The van der Waals surface area contributed by atoms with Gasteiger partial charge in [0.05, 0.1) is 17.1 Å². The van der Waals surface area contributed by atoms with Crippen LogP contribution in [0.5, 0.6) is 0 Å². The van der Waals surface area contributed by atoms with E-state index in [9.17, 15) is 5.11 Å². The van der Waals surface area contributed by atoms with Crippen molar-refractivity contribution in [2.45, 2.75) is 24.9 Å². The Morgan fingerprint density at radius 3 is 2.47 bits per heavy atom. The summed E-state index contributed by atoms with van der Waals surface area (Å²) in [6.45, 7) is 2.81. The first-order valence-corrected chi connectivity index (χ1v) is 10.6. The minimum atomic E-state index is -0.916. The molecule has 3 aliphatic rings. The van der Waals surface area contributed by atoms with Gasteiger partial charge in [-0.25, -0.2) is 4.98 Å². The van der Waals surface area contributed by atoms with Gasteiger partial charge in [0.25, 0.3) is 0 Å². The minimum Gasteiger partial charge on any atom is -0.376 e. The molecule has 3 fully saturated rings. The van der Waals surface area contributed by atoms with Crippen LogP contribution in [0.1, 0.15) is 29.7 Å². The summed E-state index contributed by atoms with van der Waals surface area (Å²) in [5, 5.41) is 11.2. The van der Waals surface area contributed by atoms with Gasteiger partial charge in [-0.1, -0.05) is 48.2 Å². The quantitative estimate of drug-likeness (QED) is 0.689. The summed E-state index contributed by atoms with van der Waals surface area (Å²) < 4.78 is 0. The van der Waals surface area contributed by atoms with Gasteiger partial charge in [0.1, 0.15) is 5.60 Å². The highest BCUT2D eigenvalue weighted by Crippen LogP contribution is 2.35. The van der Waals surface area contributed by atoms with Crippen LogP contribution in [0, 0.1) is 17.8 Å². The lowest BCUT2D eigenvalue weighted by atomic mass is 9.75. The number of aliphatic hydroxyl groups is 1. The maximum Gasteiger partial charge on any atom is 0.141 e. The van der Waals surface area contributed by atoms with Crippen molar-refractivity contribution in [3.05, 3.63) is 83.7 Å². The summed E-state index contributed by atoms with van der Waals surface area (Å²) in [4.78, 5) is 11.7. The van der Waals surface area contributed by atoms with Crippen molar-refractivity contribution in [2.24, 2.45) is 5.92 Å². The van der Waals surface area contributed by atoms with E-state index in [2.05, 4.69) is 33.9 Å². The number of fused-ring (bicyclic) bond motifs is 3. The normalized spacial score (nSPS) is 24.8. The molecule has 0 radical (unpaired) electrons. The molecule has 3 aliphatic heterocycles. The van der Waals surface area contributed by atoms with Crippen molar-refractivity contribution in [1.29, 1.82) is 0 Å². The molecule has 0 aliphatic carbocycles. The molecule has 2 bridgehead atoms. The molecule has 1 N–H and O–H groups in total. The van der Waals surface area contributed by atoms with Crippen LogP contribution in [0.3, 0.4) is 0 Å². The number of hydrogen-bond donors (Lipinski definition) is 1. The molecule has 30 heavy (non-hydrogen) atoms. The van der Waals surface area contributed by atoms with Crippen LogP contribution >= 0.6 is 0 Å². The Balaban J connectivity index is 1.51. The van der Waals surface area contributed by atoms with E-state index < -0.39 is 5.60 Å². The van der Waals surface area contributed by atoms with Gasteiger partial charge in [0, 0.05) is 30.6 Å². The molecule has 0 amide bonds. The van der Waals surface area contributed by atoms with Crippen molar-refractivity contribution < 1.29 is 5.11 Å². The lowest BCUT2D eigenvalue weighted by Crippen LogP contribution is -2.58. The van der Waals surface area contributed by atoms with E-state index >= 15 is 0 Å². The average molecular weight is 396 g/mol. The largest absolute Gasteiger partial charge is 0.376 e. The van der Waals surface area contributed by atoms with E-state index in [0.29, 0.717) is 13.0 Å². The number of nitrogens with zero attached hydrogens (tertiary/aromatic N) is 3.